The molecule has 1 aromatic carbocycles. The molecule has 0 unspecified atom stereocenters. The molecule has 1 N–H and O–H groups in total. The van der Waals surface area contributed by atoms with Gasteiger partial charge in [0.2, 0.25) is 0 Å². The molecule has 3 heteroatoms. The third-order valence-corrected chi connectivity index (χ3v) is 3.52. The van der Waals surface area contributed by atoms with Gasteiger partial charge < -0.3 is 14.9 Å². The molecule has 0 aliphatic carbocycles. The van der Waals surface area contributed by atoms with Crippen LogP contribution in [0.3, 0.4) is 0 Å². The van der Waals surface area contributed by atoms with Gasteiger partial charge in [-0.05, 0) is 32.0 Å². The van der Waals surface area contributed by atoms with Gasteiger partial charge in [0.25, 0.3) is 0 Å². The monoisotopic (exact) mass is 234 g/mol. The number of para-hydroxylation sites is 1. The highest BCUT2D eigenvalue weighted by Crippen LogP contribution is 2.19. The molecule has 1 saturated heterocycles. The Bertz CT molecular complexity index is 348. The summed E-state index contributed by atoms with van der Waals surface area (Å²) in [5.41, 5.74) is 2.16. The summed E-state index contributed by atoms with van der Waals surface area (Å²) in [5.74, 6) is 0. The zero-order valence-electron chi connectivity index (χ0n) is 10.6. The van der Waals surface area contributed by atoms with Crippen LogP contribution in [0.4, 0.5) is 5.69 Å². The number of aliphatic hydroxyl groups excluding tert-OH is 1. The van der Waals surface area contributed by atoms with Crippen LogP contribution in [0, 0.1) is 0 Å². The molecular formula is C14H22N2O. The zero-order chi connectivity index (χ0) is 12.1. The number of benzene rings is 1. The van der Waals surface area contributed by atoms with Crippen molar-refractivity contribution in [2.75, 3.05) is 38.1 Å². The first-order valence-corrected chi connectivity index (χ1v) is 6.43. The second-order valence-corrected chi connectivity index (χ2v) is 4.76. The smallest absolute Gasteiger partial charge is 0.0702 e. The Hall–Kier alpha value is -1.06. The van der Waals surface area contributed by atoms with E-state index in [1.54, 1.807) is 0 Å². The maximum atomic E-state index is 9.31. The lowest BCUT2D eigenvalue weighted by Gasteiger charge is -2.24. The van der Waals surface area contributed by atoms with Gasteiger partial charge in [0.05, 0.1) is 6.61 Å². The largest absolute Gasteiger partial charge is 0.392 e. The summed E-state index contributed by atoms with van der Waals surface area (Å²) in [6.07, 6.45) is 2.69. The van der Waals surface area contributed by atoms with Crippen molar-refractivity contribution in [1.82, 2.24) is 4.90 Å². The predicted molar refractivity (Wildman–Crippen MR) is 71.3 cm³/mol. The molecule has 1 aromatic rings. The first-order valence-electron chi connectivity index (χ1n) is 6.43. The predicted octanol–water partition coefficient (Wildman–Crippen LogP) is 1.71. The first kappa shape index (κ1) is 12.4. The molecule has 3 nitrogen and oxygen atoms in total. The standard InChI is InChI=1S/C14H22N2O/c1-15(10-11-16-8-4-5-9-16)14-7-3-2-6-13(14)12-17/h2-3,6-7,17H,4-5,8-12H2,1H3. The van der Waals surface area contributed by atoms with Crippen LogP contribution < -0.4 is 4.90 Å². The second kappa shape index (κ2) is 6.03. The van der Waals surface area contributed by atoms with E-state index < -0.39 is 0 Å². The lowest BCUT2D eigenvalue weighted by Crippen LogP contribution is -2.31. The lowest BCUT2D eigenvalue weighted by atomic mass is 10.1. The molecule has 17 heavy (non-hydrogen) atoms. The van der Waals surface area contributed by atoms with E-state index in [-0.39, 0.29) is 6.61 Å². The fourth-order valence-electron chi connectivity index (χ4n) is 2.44. The van der Waals surface area contributed by atoms with Gasteiger partial charge in [-0.15, -0.1) is 0 Å². The Morgan fingerprint density at radius 2 is 1.94 bits per heavy atom. The minimum absolute atomic E-state index is 0.115. The minimum Gasteiger partial charge on any atom is -0.392 e. The van der Waals surface area contributed by atoms with Gasteiger partial charge >= 0.3 is 0 Å². The Labute approximate surface area is 104 Å². The summed E-state index contributed by atoms with van der Waals surface area (Å²) in [4.78, 5) is 4.75. The summed E-state index contributed by atoms with van der Waals surface area (Å²) in [7, 11) is 2.10. The quantitative estimate of drug-likeness (QED) is 0.840. The van der Waals surface area contributed by atoms with Gasteiger partial charge in [0.1, 0.15) is 0 Å². The molecule has 0 amide bonds. The summed E-state index contributed by atoms with van der Waals surface area (Å²) >= 11 is 0. The van der Waals surface area contributed by atoms with Crippen molar-refractivity contribution in [3.63, 3.8) is 0 Å². The van der Waals surface area contributed by atoms with Crippen LogP contribution in [-0.2, 0) is 6.61 Å². The van der Waals surface area contributed by atoms with Gasteiger partial charge in [-0.25, -0.2) is 0 Å². The van der Waals surface area contributed by atoms with Gasteiger partial charge in [0, 0.05) is 31.4 Å². The summed E-state index contributed by atoms with van der Waals surface area (Å²) in [5, 5.41) is 9.31. The Kier molecular flexibility index (Phi) is 4.40. The molecule has 1 heterocycles. The van der Waals surface area contributed by atoms with E-state index in [1.165, 1.54) is 25.9 Å². The van der Waals surface area contributed by atoms with Crippen LogP contribution in [0.5, 0.6) is 0 Å². The van der Waals surface area contributed by atoms with Crippen LogP contribution in [0.1, 0.15) is 18.4 Å². The van der Waals surface area contributed by atoms with Gasteiger partial charge in [-0.1, -0.05) is 18.2 Å². The van der Waals surface area contributed by atoms with Crippen molar-refractivity contribution in [3.8, 4) is 0 Å². The Morgan fingerprint density at radius 3 is 2.65 bits per heavy atom. The fourth-order valence-corrected chi connectivity index (χ4v) is 2.44. The highest BCUT2D eigenvalue weighted by molar-refractivity contribution is 5.52. The summed E-state index contributed by atoms with van der Waals surface area (Å²) < 4.78 is 0. The van der Waals surface area contributed by atoms with Gasteiger partial charge in [-0.3, -0.25) is 0 Å². The fraction of sp³-hybridized carbons (Fsp3) is 0.571. The van der Waals surface area contributed by atoms with Crippen molar-refractivity contribution in [2.24, 2.45) is 0 Å². The molecule has 0 aromatic heterocycles. The van der Waals surface area contributed by atoms with E-state index in [0.717, 1.165) is 24.3 Å². The van der Waals surface area contributed by atoms with Crippen LogP contribution in [-0.4, -0.2) is 43.2 Å². The normalized spacial score (nSPS) is 16.4. The number of likely N-dealkylation sites (tertiary alicyclic amines) is 1. The first-order chi connectivity index (χ1) is 8.31. The number of likely N-dealkylation sites (N-methyl/N-ethyl adjacent to an activating group) is 1. The number of anilines is 1. The second-order valence-electron chi connectivity index (χ2n) is 4.76. The van der Waals surface area contributed by atoms with E-state index >= 15 is 0 Å². The number of hydrogen-bond acceptors (Lipinski definition) is 3. The minimum atomic E-state index is 0.115. The number of rotatable bonds is 5. The molecule has 0 bridgehead atoms. The van der Waals surface area contributed by atoms with Crippen molar-refractivity contribution >= 4 is 5.69 Å². The lowest BCUT2D eigenvalue weighted by molar-refractivity contribution is 0.282. The molecule has 94 valence electrons. The zero-order valence-corrected chi connectivity index (χ0v) is 10.6. The maximum Gasteiger partial charge on any atom is 0.0702 e. The maximum absolute atomic E-state index is 9.31. The van der Waals surface area contributed by atoms with Crippen molar-refractivity contribution in [1.29, 1.82) is 0 Å². The SMILES string of the molecule is CN(CCN1CCCC1)c1ccccc1CO. The molecule has 1 aliphatic heterocycles. The third-order valence-electron chi connectivity index (χ3n) is 3.52. The Morgan fingerprint density at radius 1 is 1.24 bits per heavy atom. The molecule has 0 atom stereocenters. The average Bonchev–Trinajstić information content (AvgIpc) is 2.89. The van der Waals surface area contributed by atoms with Gasteiger partial charge in [0.15, 0.2) is 0 Å². The molecule has 2 rings (SSSR count). The molecule has 1 aliphatic rings. The highest BCUT2D eigenvalue weighted by atomic mass is 16.3. The topological polar surface area (TPSA) is 26.7 Å². The van der Waals surface area contributed by atoms with E-state index in [1.807, 2.05) is 18.2 Å². The van der Waals surface area contributed by atoms with Crippen LogP contribution >= 0.6 is 0 Å². The summed E-state index contributed by atoms with van der Waals surface area (Å²) in [6.45, 7) is 4.75. The van der Waals surface area contributed by atoms with E-state index in [2.05, 4.69) is 22.9 Å². The molecule has 0 saturated carbocycles. The number of nitrogens with zero attached hydrogens (tertiary/aromatic N) is 2. The summed E-state index contributed by atoms with van der Waals surface area (Å²) in [6, 6.07) is 8.07. The average molecular weight is 234 g/mol. The third kappa shape index (κ3) is 3.20. The van der Waals surface area contributed by atoms with Crippen molar-refractivity contribution in [3.05, 3.63) is 29.8 Å². The van der Waals surface area contributed by atoms with Gasteiger partial charge in [-0.2, -0.15) is 0 Å². The molecule has 1 fully saturated rings. The molecular weight excluding hydrogens is 212 g/mol. The van der Waals surface area contributed by atoms with Crippen LogP contribution in [0.2, 0.25) is 0 Å². The van der Waals surface area contributed by atoms with Crippen molar-refractivity contribution in [2.45, 2.75) is 19.4 Å². The van der Waals surface area contributed by atoms with Crippen molar-refractivity contribution < 1.29 is 5.11 Å². The van der Waals surface area contributed by atoms with E-state index in [4.69, 9.17) is 0 Å². The van der Waals surface area contributed by atoms with E-state index in [9.17, 15) is 5.11 Å². The molecule has 0 spiro atoms. The highest BCUT2D eigenvalue weighted by Gasteiger charge is 2.12. The van der Waals surface area contributed by atoms with E-state index in [0.29, 0.717) is 0 Å². The number of aliphatic hydroxyl groups is 1. The molecule has 0 radical (unpaired) electrons. The number of hydrogen-bond donors (Lipinski definition) is 1. The van der Waals surface area contributed by atoms with Crippen LogP contribution in [0.15, 0.2) is 24.3 Å². The van der Waals surface area contributed by atoms with Crippen LogP contribution in [0.25, 0.3) is 0 Å². The Balaban J connectivity index is 1.91.